The zero-order chi connectivity index (χ0) is 35.6. The maximum Gasteiger partial charge on any atom is -0.0105 e. The van der Waals surface area contributed by atoms with Crippen LogP contribution in [0.4, 0.5) is 0 Å². The van der Waals surface area contributed by atoms with E-state index in [0.29, 0.717) is 0 Å². The average molecular weight is 683 g/mol. The molecule has 0 aliphatic carbocycles. The molecule has 0 fully saturated rings. The third kappa shape index (κ3) is 5.15. The lowest BCUT2D eigenvalue weighted by molar-refractivity contribution is 1.61. The number of rotatable bonds is 4. The van der Waals surface area contributed by atoms with E-state index in [1.54, 1.807) is 0 Å². The van der Waals surface area contributed by atoms with Crippen LogP contribution >= 0.6 is 0 Å². The standard InChI is InChI=1S/C54H34/c1-2-9-37-29-40(16-15-35(37)7-1)38-11-5-12-39(30-38)41-21-25-51-44(31-41)17-18-45-32-42(22-26-52(45)51)43-23-27-53-46(33-43)19-20-47-34-48(24-28-54(47)53)50-14-6-10-36-8-3-4-13-49(36)50/h1-34H. The van der Waals surface area contributed by atoms with Crippen molar-refractivity contribution in [1.82, 2.24) is 0 Å². The van der Waals surface area contributed by atoms with E-state index in [1.165, 1.54) is 109 Å². The lowest BCUT2D eigenvalue weighted by atomic mass is 9.92. The highest BCUT2D eigenvalue weighted by molar-refractivity contribution is 6.12. The Balaban J connectivity index is 0.909. The zero-order valence-corrected chi connectivity index (χ0v) is 29.6. The predicted molar refractivity (Wildman–Crippen MR) is 233 cm³/mol. The van der Waals surface area contributed by atoms with Gasteiger partial charge in [0.1, 0.15) is 0 Å². The van der Waals surface area contributed by atoms with Crippen LogP contribution in [0.3, 0.4) is 0 Å². The van der Waals surface area contributed by atoms with Crippen molar-refractivity contribution in [3.63, 3.8) is 0 Å². The van der Waals surface area contributed by atoms with E-state index in [-0.39, 0.29) is 0 Å². The summed E-state index contributed by atoms with van der Waals surface area (Å²) in [6.07, 6.45) is 0. The molecule has 0 aliphatic rings. The maximum absolute atomic E-state index is 2.34. The Morgan fingerprint density at radius 3 is 1.11 bits per heavy atom. The minimum Gasteiger partial charge on any atom is -0.0616 e. The molecule has 0 saturated carbocycles. The van der Waals surface area contributed by atoms with Crippen molar-refractivity contribution in [2.45, 2.75) is 0 Å². The summed E-state index contributed by atoms with van der Waals surface area (Å²) in [5.74, 6) is 0. The molecule has 54 heavy (non-hydrogen) atoms. The van der Waals surface area contributed by atoms with Gasteiger partial charge in [-0.15, -0.1) is 0 Å². The van der Waals surface area contributed by atoms with Crippen molar-refractivity contribution in [3.05, 3.63) is 206 Å². The van der Waals surface area contributed by atoms with E-state index in [9.17, 15) is 0 Å². The largest absolute Gasteiger partial charge is 0.0616 e. The Bertz CT molecular complexity index is 3270. The highest BCUT2D eigenvalue weighted by Gasteiger charge is 2.10. The van der Waals surface area contributed by atoms with Crippen molar-refractivity contribution >= 4 is 64.6 Å². The van der Waals surface area contributed by atoms with Crippen molar-refractivity contribution in [3.8, 4) is 44.5 Å². The van der Waals surface area contributed by atoms with Crippen molar-refractivity contribution in [1.29, 1.82) is 0 Å². The van der Waals surface area contributed by atoms with Crippen LogP contribution in [-0.4, -0.2) is 0 Å². The number of fused-ring (bicyclic) bond motifs is 8. The maximum atomic E-state index is 2.34. The van der Waals surface area contributed by atoms with Crippen LogP contribution in [0.2, 0.25) is 0 Å². The molecular formula is C54H34. The molecule has 0 aliphatic heterocycles. The Hall–Kier alpha value is -7.02. The quantitative estimate of drug-likeness (QED) is 0.162. The number of hydrogen-bond donors (Lipinski definition) is 0. The minimum absolute atomic E-state index is 1.23. The Morgan fingerprint density at radius 2 is 0.537 bits per heavy atom. The fraction of sp³-hybridized carbons (Fsp3) is 0. The molecular weight excluding hydrogens is 649 g/mol. The fourth-order valence-corrected chi connectivity index (χ4v) is 8.57. The Kier molecular flexibility index (Phi) is 6.97. The molecule has 0 aromatic heterocycles. The number of benzene rings is 11. The van der Waals surface area contributed by atoms with Crippen LogP contribution in [0.5, 0.6) is 0 Å². The van der Waals surface area contributed by atoms with Crippen molar-refractivity contribution in [2.75, 3.05) is 0 Å². The number of hydrogen-bond acceptors (Lipinski definition) is 0. The average Bonchev–Trinajstić information content (AvgIpc) is 3.25. The summed E-state index contributed by atoms with van der Waals surface area (Å²) >= 11 is 0. The topological polar surface area (TPSA) is 0 Å². The summed E-state index contributed by atoms with van der Waals surface area (Å²) in [5, 5.41) is 15.3. The van der Waals surface area contributed by atoms with E-state index in [4.69, 9.17) is 0 Å². The summed E-state index contributed by atoms with van der Waals surface area (Å²) in [6.45, 7) is 0. The molecule has 0 saturated heterocycles. The van der Waals surface area contributed by atoms with Crippen LogP contribution in [0, 0.1) is 0 Å². The fourth-order valence-electron chi connectivity index (χ4n) is 8.57. The third-order valence-electron chi connectivity index (χ3n) is 11.4. The summed E-state index contributed by atoms with van der Waals surface area (Å²) in [7, 11) is 0. The second-order valence-electron chi connectivity index (χ2n) is 14.5. The van der Waals surface area contributed by atoms with Gasteiger partial charge in [-0.2, -0.15) is 0 Å². The van der Waals surface area contributed by atoms with E-state index >= 15 is 0 Å². The van der Waals surface area contributed by atoms with Gasteiger partial charge < -0.3 is 0 Å². The van der Waals surface area contributed by atoms with Gasteiger partial charge in [0.15, 0.2) is 0 Å². The normalized spacial score (nSPS) is 11.7. The van der Waals surface area contributed by atoms with Gasteiger partial charge in [0, 0.05) is 0 Å². The molecule has 0 radical (unpaired) electrons. The van der Waals surface area contributed by atoms with Crippen LogP contribution < -0.4 is 0 Å². The first-order valence-corrected chi connectivity index (χ1v) is 18.7. The van der Waals surface area contributed by atoms with Crippen LogP contribution in [0.25, 0.3) is 109 Å². The molecule has 0 spiro atoms. The molecule has 11 rings (SSSR count). The highest BCUT2D eigenvalue weighted by atomic mass is 14.1. The second kappa shape index (κ2) is 12.3. The van der Waals surface area contributed by atoms with Gasteiger partial charge in [0.25, 0.3) is 0 Å². The van der Waals surface area contributed by atoms with E-state index in [0.717, 1.165) is 0 Å². The smallest absolute Gasteiger partial charge is 0.0105 e. The molecule has 0 amide bonds. The van der Waals surface area contributed by atoms with Gasteiger partial charge in [0.2, 0.25) is 0 Å². The second-order valence-corrected chi connectivity index (χ2v) is 14.5. The zero-order valence-electron chi connectivity index (χ0n) is 29.6. The van der Waals surface area contributed by atoms with Gasteiger partial charge in [0.05, 0.1) is 0 Å². The van der Waals surface area contributed by atoms with Crippen LogP contribution in [-0.2, 0) is 0 Å². The van der Waals surface area contributed by atoms with E-state index in [2.05, 4.69) is 206 Å². The molecule has 0 N–H and O–H groups in total. The van der Waals surface area contributed by atoms with Gasteiger partial charge in [-0.25, -0.2) is 0 Å². The molecule has 0 atom stereocenters. The predicted octanol–water partition coefficient (Wildman–Crippen LogP) is 15.3. The summed E-state index contributed by atoms with van der Waals surface area (Å²) in [6, 6.07) is 76.2. The van der Waals surface area contributed by atoms with E-state index in [1.807, 2.05) is 0 Å². The van der Waals surface area contributed by atoms with Gasteiger partial charge in [-0.1, -0.05) is 170 Å². The summed E-state index contributed by atoms with van der Waals surface area (Å²) < 4.78 is 0. The van der Waals surface area contributed by atoms with E-state index < -0.39 is 0 Å². The molecule has 0 unspecified atom stereocenters. The van der Waals surface area contributed by atoms with Crippen molar-refractivity contribution < 1.29 is 0 Å². The SMILES string of the molecule is c1cc(-c2ccc3ccccc3c2)cc(-c2ccc3c(ccc4cc(-c5ccc6c(ccc7cc(-c8cccc9ccccc89)ccc76)c5)ccc43)c2)c1. The molecule has 0 heterocycles. The minimum atomic E-state index is 1.23. The lowest BCUT2D eigenvalue weighted by Gasteiger charge is -2.12. The monoisotopic (exact) mass is 682 g/mol. The van der Waals surface area contributed by atoms with Crippen LogP contribution in [0.1, 0.15) is 0 Å². The molecule has 0 heteroatoms. The Morgan fingerprint density at radius 1 is 0.167 bits per heavy atom. The van der Waals surface area contributed by atoms with Crippen LogP contribution in [0.15, 0.2) is 206 Å². The molecule has 0 nitrogen and oxygen atoms in total. The first-order chi connectivity index (χ1) is 26.7. The molecule has 11 aromatic carbocycles. The summed E-state index contributed by atoms with van der Waals surface area (Å²) in [4.78, 5) is 0. The lowest BCUT2D eigenvalue weighted by Crippen LogP contribution is -1.85. The molecule has 11 aromatic rings. The van der Waals surface area contributed by atoms with Gasteiger partial charge >= 0.3 is 0 Å². The van der Waals surface area contributed by atoms with Crippen molar-refractivity contribution in [2.24, 2.45) is 0 Å². The highest BCUT2D eigenvalue weighted by Crippen LogP contribution is 2.37. The first kappa shape index (κ1) is 30.6. The first-order valence-electron chi connectivity index (χ1n) is 18.7. The van der Waals surface area contributed by atoms with Gasteiger partial charge in [-0.3, -0.25) is 0 Å². The summed E-state index contributed by atoms with van der Waals surface area (Å²) in [5.41, 5.74) is 9.93. The molecule has 0 bridgehead atoms. The third-order valence-corrected chi connectivity index (χ3v) is 11.4. The molecule has 250 valence electrons. The Labute approximate surface area is 314 Å². The van der Waals surface area contributed by atoms with Gasteiger partial charge in [-0.05, 0) is 146 Å².